The highest BCUT2D eigenvalue weighted by molar-refractivity contribution is 5.99. The number of rotatable bonds is 8. The number of nitrogens with zero attached hydrogens (tertiary/aromatic N) is 2. The quantitative estimate of drug-likeness (QED) is 0.0693. The van der Waals surface area contributed by atoms with E-state index in [4.69, 9.17) is 33.2 Å². The molecule has 0 radical (unpaired) electrons. The predicted molar refractivity (Wildman–Crippen MR) is 189 cm³/mol. The Kier molecular flexibility index (Phi) is 15.2. The Hall–Kier alpha value is -4.94. The van der Waals surface area contributed by atoms with Crippen LogP contribution in [0.5, 0.6) is 0 Å². The largest absolute Gasteiger partial charge is 0.463 e. The minimum Gasteiger partial charge on any atom is -0.463 e. The van der Waals surface area contributed by atoms with Crippen LogP contribution in [0.25, 0.3) is 0 Å². The summed E-state index contributed by atoms with van der Waals surface area (Å²) in [6.45, 7) is 19.1. The molecule has 298 valence electrons. The summed E-state index contributed by atoms with van der Waals surface area (Å²) in [6, 6.07) is 0. The number of hydrogen-bond donors (Lipinski definition) is 4. The van der Waals surface area contributed by atoms with Crippen molar-refractivity contribution in [2.24, 2.45) is 21.8 Å². The Morgan fingerprint density at radius 2 is 0.868 bits per heavy atom. The zero-order valence-corrected chi connectivity index (χ0v) is 32.5. The molecule has 2 rings (SSSR count). The smallest absolute Gasteiger partial charge is 0.437 e. The van der Waals surface area contributed by atoms with E-state index >= 15 is 0 Å². The lowest BCUT2D eigenvalue weighted by atomic mass is 9.83. The second kappa shape index (κ2) is 18.2. The molecule has 0 aromatic heterocycles. The Morgan fingerprint density at radius 3 is 1.17 bits per heavy atom. The van der Waals surface area contributed by atoms with Crippen molar-refractivity contribution in [2.45, 2.75) is 118 Å². The van der Waals surface area contributed by atoms with E-state index in [1.807, 2.05) is 0 Å². The Labute approximate surface area is 309 Å². The summed E-state index contributed by atoms with van der Waals surface area (Å²) >= 11 is 0. The van der Waals surface area contributed by atoms with Gasteiger partial charge in [0.15, 0.2) is 0 Å². The molecule has 0 spiro atoms. The Morgan fingerprint density at radius 1 is 0.547 bits per heavy atom. The first-order valence-corrected chi connectivity index (χ1v) is 17.0. The van der Waals surface area contributed by atoms with Crippen molar-refractivity contribution in [2.75, 3.05) is 26.3 Å². The monoisotopic (exact) mass is 754 g/mol. The fraction of sp³-hybridized carbons (Fsp3) is 0.706. The van der Waals surface area contributed by atoms with Gasteiger partial charge < -0.3 is 43.8 Å². The molecule has 2 bridgehead atoms. The number of guanidine groups is 2. The lowest BCUT2D eigenvalue weighted by Crippen LogP contribution is -2.46. The molecular weight excluding hydrogens is 700 g/mol. The molecule has 2 aliphatic heterocycles. The minimum atomic E-state index is -1.03. The van der Waals surface area contributed by atoms with Gasteiger partial charge in [0.1, 0.15) is 47.5 Å². The molecule has 2 heterocycles. The van der Waals surface area contributed by atoms with Gasteiger partial charge in [0, 0.05) is 0 Å². The maximum absolute atomic E-state index is 13.2. The van der Waals surface area contributed by atoms with Crippen molar-refractivity contribution < 1.29 is 61.9 Å². The van der Waals surface area contributed by atoms with E-state index < -0.39 is 82.8 Å². The van der Waals surface area contributed by atoms with Gasteiger partial charge in [0.25, 0.3) is 0 Å². The Bertz CT molecular complexity index is 1340. The summed E-state index contributed by atoms with van der Waals surface area (Å²) in [5.41, 5.74) is -3.37. The molecule has 0 aromatic rings. The van der Waals surface area contributed by atoms with Crippen LogP contribution in [0.3, 0.4) is 0 Å². The van der Waals surface area contributed by atoms with Gasteiger partial charge in [-0.05, 0) is 83.1 Å². The first-order chi connectivity index (χ1) is 24.2. The molecule has 0 saturated carbocycles. The number of alkyl carbamates (subject to hydrolysis) is 2. The van der Waals surface area contributed by atoms with Crippen LogP contribution in [0, 0.1) is 11.8 Å². The first-order valence-electron chi connectivity index (χ1n) is 17.0. The van der Waals surface area contributed by atoms with E-state index in [-0.39, 0.29) is 38.2 Å². The molecule has 1 saturated heterocycles. The van der Waals surface area contributed by atoms with Gasteiger partial charge in [-0.25, -0.2) is 19.2 Å². The number of nitrogens with one attached hydrogen (secondary N) is 4. The van der Waals surface area contributed by atoms with Gasteiger partial charge >= 0.3 is 36.3 Å². The molecule has 4 unspecified atom stereocenters. The number of aliphatic imine (C=N–C) groups is 2. The van der Waals surface area contributed by atoms with E-state index in [9.17, 15) is 28.8 Å². The van der Waals surface area contributed by atoms with Crippen LogP contribution < -0.4 is 21.3 Å². The summed E-state index contributed by atoms with van der Waals surface area (Å²) in [7, 11) is 0. The normalized spacial score (nSPS) is 20.2. The fourth-order valence-corrected chi connectivity index (χ4v) is 4.48. The number of ether oxygens (including phenoxy) is 7. The van der Waals surface area contributed by atoms with E-state index in [2.05, 4.69) is 31.3 Å². The third kappa shape index (κ3) is 17.4. The molecule has 2 aliphatic rings. The zero-order valence-electron chi connectivity index (χ0n) is 32.5. The topological polar surface area (TPSA) is 240 Å². The summed E-state index contributed by atoms with van der Waals surface area (Å²) in [5, 5.41) is 10.1. The summed E-state index contributed by atoms with van der Waals surface area (Å²) in [6.07, 6.45) is -1.92. The van der Waals surface area contributed by atoms with E-state index in [1.165, 1.54) is 0 Å². The summed E-state index contributed by atoms with van der Waals surface area (Å²) in [5.74, 6) is -4.15. The lowest BCUT2D eigenvalue weighted by molar-refractivity contribution is -0.159. The zero-order chi connectivity index (χ0) is 40.4. The SMILES string of the molecule is CC(C)(C)OC(=O)/N=C(/NCCOC(=O)C1C2C=CC(O2)C1C(=O)OCCN/C(=N\C(=O)OC(C)(C)C)NC(=O)OC(C)(C)C)NC(=O)OC(C)(C)C. The average Bonchev–Trinajstić information content (AvgIpc) is 3.55. The molecule has 0 aliphatic carbocycles. The number of carbonyl (C=O) groups is 6. The maximum Gasteiger partial charge on any atom is 0.437 e. The number of hydrogen-bond acceptors (Lipinski definition) is 13. The van der Waals surface area contributed by atoms with E-state index in [0.29, 0.717) is 0 Å². The molecule has 19 heteroatoms. The summed E-state index contributed by atoms with van der Waals surface area (Å²) in [4.78, 5) is 83.1. The molecule has 53 heavy (non-hydrogen) atoms. The van der Waals surface area contributed by atoms with Gasteiger partial charge in [-0.1, -0.05) is 12.2 Å². The number of amides is 4. The fourth-order valence-electron chi connectivity index (χ4n) is 4.48. The first kappa shape index (κ1) is 44.2. The predicted octanol–water partition coefficient (Wildman–Crippen LogP) is 3.45. The summed E-state index contributed by atoms with van der Waals surface area (Å²) < 4.78 is 37.4. The van der Waals surface area contributed by atoms with Gasteiger partial charge in [-0.15, -0.1) is 9.98 Å². The van der Waals surface area contributed by atoms with Crippen molar-refractivity contribution in [1.29, 1.82) is 0 Å². The second-order valence-corrected chi connectivity index (χ2v) is 15.8. The highest BCUT2D eigenvalue weighted by Crippen LogP contribution is 2.40. The van der Waals surface area contributed by atoms with Crippen LogP contribution in [0.2, 0.25) is 0 Å². The molecular formula is C34H54N6O13. The second-order valence-electron chi connectivity index (χ2n) is 15.8. The van der Waals surface area contributed by atoms with E-state index in [0.717, 1.165) is 0 Å². The molecule has 4 amide bonds. The van der Waals surface area contributed by atoms with Gasteiger partial charge in [-0.3, -0.25) is 20.2 Å². The van der Waals surface area contributed by atoms with Gasteiger partial charge in [0.2, 0.25) is 11.9 Å². The van der Waals surface area contributed by atoms with Gasteiger partial charge in [0.05, 0.1) is 25.3 Å². The van der Waals surface area contributed by atoms with Gasteiger partial charge in [-0.2, -0.15) is 0 Å². The maximum atomic E-state index is 13.2. The molecule has 4 atom stereocenters. The van der Waals surface area contributed by atoms with Crippen molar-refractivity contribution in [3.05, 3.63) is 12.2 Å². The van der Waals surface area contributed by atoms with Crippen LogP contribution in [0.1, 0.15) is 83.1 Å². The van der Waals surface area contributed by atoms with Crippen molar-refractivity contribution in [1.82, 2.24) is 21.3 Å². The number of esters is 2. The Balaban J connectivity index is 2.00. The van der Waals surface area contributed by atoms with Crippen molar-refractivity contribution in [3.8, 4) is 0 Å². The van der Waals surface area contributed by atoms with Crippen LogP contribution in [-0.4, -0.2) is 109 Å². The molecule has 0 aromatic carbocycles. The highest BCUT2D eigenvalue weighted by Gasteiger charge is 2.54. The van der Waals surface area contributed by atoms with Crippen LogP contribution in [0.15, 0.2) is 22.1 Å². The highest BCUT2D eigenvalue weighted by atomic mass is 16.6. The minimum absolute atomic E-state index is 0.105. The lowest BCUT2D eigenvalue weighted by Gasteiger charge is -2.23. The molecule has 19 nitrogen and oxygen atoms in total. The number of fused-ring (bicyclic) bond motifs is 2. The third-order valence-electron chi connectivity index (χ3n) is 6.15. The third-order valence-corrected chi connectivity index (χ3v) is 6.15. The van der Waals surface area contributed by atoms with Crippen molar-refractivity contribution in [3.63, 3.8) is 0 Å². The van der Waals surface area contributed by atoms with Crippen LogP contribution in [-0.2, 0) is 42.7 Å². The standard InChI is InChI=1S/C34H54N6O13/c1-31(2,3)50-27(43)37-25(38-28(44)51-32(4,5)6)35-15-17-47-23(41)21-19-13-14-20(49-19)22(21)24(42)48-18-16-36-26(39-29(45)52-33(7,8)9)40-30(46)53-34(10,11)12/h13-14,19-22H,15-18H2,1-12H3,(H2,35,37,38,43,44)(H2,36,39,40,45,46). The molecule has 4 N–H and O–H groups in total. The van der Waals surface area contributed by atoms with Crippen LogP contribution in [0.4, 0.5) is 19.2 Å². The van der Waals surface area contributed by atoms with Crippen molar-refractivity contribution >= 4 is 48.2 Å². The van der Waals surface area contributed by atoms with E-state index in [1.54, 1.807) is 95.2 Å². The molecule has 1 fully saturated rings. The van der Waals surface area contributed by atoms with Crippen LogP contribution >= 0.6 is 0 Å². The average molecular weight is 755 g/mol. The number of carbonyl (C=O) groups excluding carboxylic acids is 6.